The molecule has 0 atom stereocenters. The Labute approximate surface area is 102 Å². The molecule has 0 saturated carbocycles. The topological polar surface area (TPSA) is 35.2 Å². The van der Waals surface area contributed by atoms with Crippen LogP contribution in [0.2, 0.25) is 0 Å². The second-order valence-electron chi connectivity index (χ2n) is 4.23. The van der Waals surface area contributed by atoms with Crippen LogP contribution in [0.4, 0.5) is 5.69 Å². The molecule has 2 aromatic rings. The zero-order chi connectivity index (χ0) is 12.3. The van der Waals surface area contributed by atoms with Gasteiger partial charge in [-0.15, -0.1) is 0 Å². The van der Waals surface area contributed by atoms with Gasteiger partial charge in [-0.25, -0.2) is 0 Å². The van der Waals surface area contributed by atoms with E-state index in [1.807, 2.05) is 37.3 Å². The molecule has 0 spiro atoms. The first-order chi connectivity index (χ1) is 8.16. The summed E-state index contributed by atoms with van der Waals surface area (Å²) >= 11 is 0. The normalized spacial score (nSPS) is 10.2. The van der Waals surface area contributed by atoms with Gasteiger partial charge in [-0.1, -0.05) is 24.3 Å². The number of nitrogens with two attached hydrogens (primary N) is 1. The number of anilines is 1. The van der Waals surface area contributed by atoms with Crippen molar-refractivity contribution in [2.75, 3.05) is 5.73 Å². The Balaban J connectivity index is 2.08. The molecule has 0 unspecified atom stereocenters. The summed E-state index contributed by atoms with van der Waals surface area (Å²) in [5.74, 6) is 0.861. The van der Waals surface area contributed by atoms with E-state index in [0.717, 1.165) is 17.0 Å². The van der Waals surface area contributed by atoms with Gasteiger partial charge in [0.15, 0.2) is 0 Å². The highest BCUT2D eigenvalue weighted by Gasteiger charge is 2.00. The fourth-order valence-electron chi connectivity index (χ4n) is 1.67. The van der Waals surface area contributed by atoms with Crippen molar-refractivity contribution in [1.29, 1.82) is 0 Å². The molecule has 17 heavy (non-hydrogen) atoms. The standard InChI is InChI=1S/C15H17NO/c1-11-5-3-4-6-13(11)10-17-14-7-8-15(16)12(2)9-14/h3-9H,10,16H2,1-2H3. The lowest BCUT2D eigenvalue weighted by Crippen LogP contribution is -1.98. The van der Waals surface area contributed by atoms with Gasteiger partial charge in [-0.2, -0.15) is 0 Å². The first-order valence-corrected chi connectivity index (χ1v) is 5.70. The maximum atomic E-state index is 5.76. The molecule has 0 fully saturated rings. The number of benzene rings is 2. The minimum Gasteiger partial charge on any atom is -0.489 e. The lowest BCUT2D eigenvalue weighted by Gasteiger charge is -2.09. The van der Waals surface area contributed by atoms with E-state index < -0.39 is 0 Å². The molecule has 2 nitrogen and oxygen atoms in total. The molecular weight excluding hydrogens is 210 g/mol. The molecular formula is C15H17NO. The van der Waals surface area contributed by atoms with Crippen molar-refractivity contribution in [2.24, 2.45) is 0 Å². The molecule has 0 amide bonds. The molecule has 0 aliphatic carbocycles. The second-order valence-corrected chi connectivity index (χ2v) is 4.23. The Kier molecular flexibility index (Phi) is 3.33. The minimum absolute atomic E-state index is 0.593. The first-order valence-electron chi connectivity index (χ1n) is 5.70. The van der Waals surface area contributed by atoms with E-state index in [4.69, 9.17) is 10.5 Å². The quantitative estimate of drug-likeness (QED) is 0.815. The number of nitrogen functional groups attached to an aromatic ring is 1. The molecule has 2 N–H and O–H groups in total. The van der Waals surface area contributed by atoms with E-state index in [0.29, 0.717) is 6.61 Å². The number of aryl methyl sites for hydroxylation is 2. The molecule has 2 aromatic carbocycles. The summed E-state index contributed by atoms with van der Waals surface area (Å²) in [5.41, 5.74) is 10.1. The van der Waals surface area contributed by atoms with Crippen molar-refractivity contribution < 1.29 is 4.74 Å². The van der Waals surface area contributed by atoms with Crippen LogP contribution in [0.15, 0.2) is 42.5 Å². The molecule has 0 aromatic heterocycles. The van der Waals surface area contributed by atoms with Gasteiger partial charge in [0.1, 0.15) is 12.4 Å². The lowest BCUT2D eigenvalue weighted by atomic mass is 10.1. The van der Waals surface area contributed by atoms with Gasteiger partial charge < -0.3 is 10.5 Å². The minimum atomic E-state index is 0.593. The number of hydrogen-bond acceptors (Lipinski definition) is 2. The van der Waals surface area contributed by atoms with Crippen LogP contribution in [0.25, 0.3) is 0 Å². The third kappa shape index (κ3) is 2.78. The molecule has 2 heteroatoms. The van der Waals surface area contributed by atoms with Gasteiger partial charge in [-0.3, -0.25) is 0 Å². The van der Waals surface area contributed by atoms with E-state index in [-0.39, 0.29) is 0 Å². The average molecular weight is 227 g/mol. The Bertz CT molecular complexity index is 520. The first kappa shape index (κ1) is 11.5. The van der Waals surface area contributed by atoms with Crippen molar-refractivity contribution in [2.45, 2.75) is 20.5 Å². The Morgan fingerprint density at radius 1 is 1.00 bits per heavy atom. The molecule has 0 aliphatic rings. The summed E-state index contributed by atoms with van der Waals surface area (Å²) in [4.78, 5) is 0. The fourth-order valence-corrected chi connectivity index (χ4v) is 1.67. The van der Waals surface area contributed by atoms with Gasteiger partial charge in [-0.05, 0) is 48.7 Å². The summed E-state index contributed by atoms with van der Waals surface area (Å²) in [6.45, 7) is 4.67. The number of rotatable bonds is 3. The van der Waals surface area contributed by atoms with Crippen LogP contribution >= 0.6 is 0 Å². The molecule has 0 bridgehead atoms. The largest absolute Gasteiger partial charge is 0.489 e. The van der Waals surface area contributed by atoms with Crippen LogP contribution < -0.4 is 10.5 Å². The van der Waals surface area contributed by atoms with Gasteiger partial charge in [0.05, 0.1) is 0 Å². The van der Waals surface area contributed by atoms with Gasteiger partial charge in [0, 0.05) is 5.69 Å². The van der Waals surface area contributed by atoms with Crippen LogP contribution in [0.1, 0.15) is 16.7 Å². The van der Waals surface area contributed by atoms with E-state index in [1.54, 1.807) is 0 Å². The molecule has 0 aliphatic heterocycles. The highest BCUT2D eigenvalue weighted by Crippen LogP contribution is 2.20. The molecule has 88 valence electrons. The van der Waals surface area contributed by atoms with Crippen LogP contribution in [0, 0.1) is 13.8 Å². The van der Waals surface area contributed by atoms with Crippen molar-refractivity contribution >= 4 is 5.69 Å². The van der Waals surface area contributed by atoms with Crippen LogP contribution in [-0.2, 0) is 6.61 Å². The van der Waals surface area contributed by atoms with E-state index in [2.05, 4.69) is 19.1 Å². The molecule has 0 saturated heterocycles. The van der Waals surface area contributed by atoms with Crippen molar-refractivity contribution in [3.05, 3.63) is 59.2 Å². The maximum absolute atomic E-state index is 5.76. The van der Waals surface area contributed by atoms with E-state index in [1.165, 1.54) is 11.1 Å². The predicted molar refractivity (Wildman–Crippen MR) is 71.1 cm³/mol. The highest BCUT2D eigenvalue weighted by atomic mass is 16.5. The van der Waals surface area contributed by atoms with E-state index in [9.17, 15) is 0 Å². The number of hydrogen-bond donors (Lipinski definition) is 1. The zero-order valence-corrected chi connectivity index (χ0v) is 10.2. The predicted octanol–water partition coefficient (Wildman–Crippen LogP) is 3.46. The Hall–Kier alpha value is -1.96. The lowest BCUT2D eigenvalue weighted by molar-refractivity contribution is 0.305. The molecule has 0 heterocycles. The summed E-state index contributed by atoms with van der Waals surface area (Å²) in [5, 5.41) is 0. The number of ether oxygens (including phenoxy) is 1. The molecule has 0 radical (unpaired) electrons. The fraction of sp³-hybridized carbons (Fsp3) is 0.200. The highest BCUT2D eigenvalue weighted by molar-refractivity contribution is 5.49. The summed E-state index contributed by atoms with van der Waals surface area (Å²) in [6.07, 6.45) is 0. The van der Waals surface area contributed by atoms with Crippen molar-refractivity contribution in [1.82, 2.24) is 0 Å². The third-order valence-corrected chi connectivity index (χ3v) is 2.90. The Morgan fingerprint density at radius 2 is 1.76 bits per heavy atom. The van der Waals surface area contributed by atoms with Gasteiger partial charge in [0.25, 0.3) is 0 Å². The summed E-state index contributed by atoms with van der Waals surface area (Å²) in [7, 11) is 0. The zero-order valence-electron chi connectivity index (χ0n) is 10.2. The van der Waals surface area contributed by atoms with Gasteiger partial charge in [0.2, 0.25) is 0 Å². The van der Waals surface area contributed by atoms with Crippen molar-refractivity contribution in [3.63, 3.8) is 0 Å². The summed E-state index contributed by atoms with van der Waals surface area (Å²) < 4.78 is 5.75. The third-order valence-electron chi connectivity index (χ3n) is 2.90. The van der Waals surface area contributed by atoms with Crippen LogP contribution in [0.5, 0.6) is 5.75 Å². The Morgan fingerprint density at radius 3 is 2.47 bits per heavy atom. The SMILES string of the molecule is Cc1cc(OCc2ccccc2C)ccc1N. The van der Waals surface area contributed by atoms with E-state index >= 15 is 0 Å². The summed E-state index contributed by atoms with van der Waals surface area (Å²) in [6, 6.07) is 14.0. The second kappa shape index (κ2) is 4.91. The van der Waals surface area contributed by atoms with Crippen LogP contribution in [0.3, 0.4) is 0 Å². The smallest absolute Gasteiger partial charge is 0.120 e. The maximum Gasteiger partial charge on any atom is 0.120 e. The van der Waals surface area contributed by atoms with Gasteiger partial charge >= 0.3 is 0 Å². The molecule has 2 rings (SSSR count). The monoisotopic (exact) mass is 227 g/mol. The van der Waals surface area contributed by atoms with Crippen molar-refractivity contribution in [3.8, 4) is 5.75 Å². The van der Waals surface area contributed by atoms with Crippen LogP contribution in [-0.4, -0.2) is 0 Å². The average Bonchev–Trinajstić information content (AvgIpc) is 2.32.